The second-order valence-electron chi connectivity index (χ2n) is 5.91. The van der Waals surface area contributed by atoms with E-state index < -0.39 is 15.9 Å². The standard InChI is InChI=1S/C16H19ClN4O3S2/c1-3-21(4-2)26(23,24)13-9-11(7-8-12(13)17)14(22)18-16-20-19-15(25-16)10-5-6-10/h7-10H,3-6H2,1-2H3,(H,18,20,22). The third kappa shape index (κ3) is 3.90. The van der Waals surface area contributed by atoms with Gasteiger partial charge in [0.2, 0.25) is 15.2 Å². The van der Waals surface area contributed by atoms with Crippen molar-refractivity contribution in [1.82, 2.24) is 14.5 Å². The van der Waals surface area contributed by atoms with Crippen LogP contribution in [0.25, 0.3) is 0 Å². The Morgan fingerprint density at radius 1 is 1.31 bits per heavy atom. The average Bonchev–Trinajstić information content (AvgIpc) is 3.35. The summed E-state index contributed by atoms with van der Waals surface area (Å²) in [5, 5.41) is 12.1. The van der Waals surface area contributed by atoms with E-state index >= 15 is 0 Å². The molecule has 26 heavy (non-hydrogen) atoms. The summed E-state index contributed by atoms with van der Waals surface area (Å²) < 4.78 is 26.7. The van der Waals surface area contributed by atoms with E-state index in [9.17, 15) is 13.2 Å². The molecule has 1 aromatic carbocycles. The van der Waals surface area contributed by atoms with E-state index in [0.29, 0.717) is 24.1 Å². The van der Waals surface area contributed by atoms with Crippen molar-refractivity contribution >= 4 is 44.0 Å². The molecule has 1 saturated carbocycles. The summed E-state index contributed by atoms with van der Waals surface area (Å²) in [5.74, 6) is 0.00987. The minimum Gasteiger partial charge on any atom is -0.296 e. The minimum absolute atomic E-state index is 0.0774. The van der Waals surface area contributed by atoms with Crippen LogP contribution < -0.4 is 5.32 Å². The molecule has 1 N–H and O–H groups in total. The number of halogens is 1. The molecule has 2 aromatic rings. The van der Waals surface area contributed by atoms with Crippen LogP contribution in [0.1, 0.15) is 48.0 Å². The lowest BCUT2D eigenvalue weighted by atomic mass is 10.2. The first-order valence-corrected chi connectivity index (χ1v) is 10.9. The summed E-state index contributed by atoms with van der Waals surface area (Å²) in [6.45, 7) is 4.14. The molecule has 0 atom stereocenters. The van der Waals surface area contributed by atoms with Crippen LogP contribution in [0.5, 0.6) is 0 Å². The summed E-state index contributed by atoms with van der Waals surface area (Å²) in [4.78, 5) is 12.4. The maximum atomic E-state index is 12.7. The van der Waals surface area contributed by atoms with Crippen LogP contribution in [0.4, 0.5) is 5.13 Å². The highest BCUT2D eigenvalue weighted by Crippen LogP contribution is 2.42. The molecule has 3 rings (SSSR count). The van der Waals surface area contributed by atoms with E-state index in [4.69, 9.17) is 11.6 Å². The predicted octanol–water partition coefficient (Wildman–Crippen LogP) is 3.35. The first kappa shape index (κ1) is 19.2. The van der Waals surface area contributed by atoms with E-state index in [-0.39, 0.29) is 15.5 Å². The molecule has 140 valence electrons. The number of hydrogen-bond donors (Lipinski definition) is 1. The number of hydrogen-bond acceptors (Lipinski definition) is 6. The third-order valence-corrected chi connectivity index (χ3v) is 7.64. The van der Waals surface area contributed by atoms with Gasteiger partial charge < -0.3 is 0 Å². The molecule has 1 aliphatic carbocycles. The van der Waals surface area contributed by atoms with Gasteiger partial charge in [-0.25, -0.2) is 8.42 Å². The van der Waals surface area contributed by atoms with Crippen molar-refractivity contribution in [2.75, 3.05) is 18.4 Å². The zero-order valence-electron chi connectivity index (χ0n) is 14.4. The van der Waals surface area contributed by atoms with Crippen LogP contribution in [-0.2, 0) is 10.0 Å². The number of anilines is 1. The zero-order valence-corrected chi connectivity index (χ0v) is 16.8. The highest BCUT2D eigenvalue weighted by molar-refractivity contribution is 7.89. The lowest BCUT2D eigenvalue weighted by Gasteiger charge is -2.19. The van der Waals surface area contributed by atoms with Crippen molar-refractivity contribution in [1.29, 1.82) is 0 Å². The number of benzene rings is 1. The highest BCUT2D eigenvalue weighted by Gasteiger charge is 2.28. The Bertz CT molecular complexity index is 921. The van der Waals surface area contributed by atoms with E-state index in [2.05, 4.69) is 15.5 Å². The molecular weight excluding hydrogens is 396 g/mol. The summed E-state index contributed by atoms with van der Waals surface area (Å²) in [7, 11) is -3.76. The molecule has 7 nitrogen and oxygen atoms in total. The quantitative estimate of drug-likeness (QED) is 0.749. The Morgan fingerprint density at radius 3 is 2.62 bits per heavy atom. The molecule has 0 saturated heterocycles. The fourth-order valence-corrected chi connectivity index (χ4v) is 5.36. The first-order valence-electron chi connectivity index (χ1n) is 8.31. The van der Waals surface area contributed by atoms with Crippen molar-refractivity contribution in [3.63, 3.8) is 0 Å². The molecule has 0 spiro atoms. The van der Waals surface area contributed by atoms with Gasteiger partial charge in [-0.3, -0.25) is 10.1 Å². The zero-order chi connectivity index (χ0) is 18.9. The van der Waals surface area contributed by atoms with E-state index in [0.717, 1.165) is 17.8 Å². The molecular formula is C16H19ClN4O3S2. The van der Waals surface area contributed by atoms with Crippen LogP contribution in [0, 0.1) is 0 Å². The molecule has 1 heterocycles. The van der Waals surface area contributed by atoms with Crippen LogP contribution >= 0.6 is 22.9 Å². The van der Waals surface area contributed by atoms with Gasteiger partial charge in [0.25, 0.3) is 5.91 Å². The lowest BCUT2D eigenvalue weighted by molar-refractivity contribution is 0.102. The van der Waals surface area contributed by atoms with Crippen molar-refractivity contribution < 1.29 is 13.2 Å². The van der Waals surface area contributed by atoms with Gasteiger partial charge in [0.15, 0.2) is 0 Å². The van der Waals surface area contributed by atoms with Gasteiger partial charge in [0, 0.05) is 24.6 Å². The van der Waals surface area contributed by atoms with Crippen LogP contribution in [0.3, 0.4) is 0 Å². The number of sulfonamides is 1. The average molecular weight is 415 g/mol. The van der Waals surface area contributed by atoms with E-state index in [1.807, 2.05) is 0 Å². The maximum Gasteiger partial charge on any atom is 0.257 e. The SMILES string of the molecule is CCN(CC)S(=O)(=O)c1cc(C(=O)Nc2nnc(C3CC3)s2)ccc1Cl. The van der Waals surface area contributed by atoms with E-state index in [1.165, 1.54) is 33.8 Å². The van der Waals surface area contributed by atoms with Gasteiger partial charge in [-0.2, -0.15) is 4.31 Å². The Morgan fingerprint density at radius 2 is 2.00 bits per heavy atom. The molecule has 0 radical (unpaired) electrons. The van der Waals surface area contributed by atoms with Gasteiger partial charge >= 0.3 is 0 Å². The second-order valence-corrected chi connectivity index (χ2v) is 9.23. The summed E-state index contributed by atoms with van der Waals surface area (Å²) in [5.41, 5.74) is 0.198. The summed E-state index contributed by atoms with van der Waals surface area (Å²) in [6.07, 6.45) is 2.21. The fraction of sp³-hybridized carbons (Fsp3) is 0.438. The number of amides is 1. The van der Waals surface area contributed by atoms with Gasteiger partial charge in [-0.05, 0) is 31.0 Å². The molecule has 0 unspecified atom stereocenters. The van der Waals surface area contributed by atoms with Gasteiger partial charge in [-0.1, -0.05) is 36.8 Å². The van der Waals surface area contributed by atoms with Crippen molar-refractivity contribution in [2.45, 2.75) is 37.5 Å². The Labute approximate surface area is 161 Å². The highest BCUT2D eigenvalue weighted by atomic mass is 35.5. The third-order valence-electron chi connectivity index (χ3n) is 4.10. The summed E-state index contributed by atoms with van der Waals surface area (Å²) >= 11 is 7.44. The van der Waals surface area contributed by atoms with Crippen LogP contribution in [-0.4, -0.2) is 41.9 Å². The van der Waals surface area contributed by atoms with Crippen molar-refractivity contribution in [2.24, 2.45) is 0 Å². The molecule has 1 amide bonds. The Hall–Kier alpha value is -1.55. The number of aromatic nitrogens is 2. The molecule has 10 heteroatoms. The number of carbonyl (C=O) groups is 1. The maximum absolute atomic E-state index is 12.7. The minimum atomic E-state index is -3.76. The van der Waals surface area contributed by atoms with E-state index in [1.54, 1.807) is 13.8 Å². The predicted molar refractivity (Wildman–Crippen MR) is 101 cm³/mol. The van der Waals surface area contributed by atoms with Gasteiger partial charge in [0.05, 0.1) is 5.02 Å². The largest absolute Gasteiger partial charge is 0.296 e. The lowest BCUT2D eigenvalue weighted by Crippen LogP contribution is -2.31. The fourth-order valence-electron chi connectivity index (χ4n) is 2.49. The van der Waals surface area contributed by atoms with Crippen molar-refractivity contribution in [3.8, 4) is 0 Å². The van der Waals surface area contributed by atoms with Crippen molar-refractivity contribution in [3.05, 3.63) is 33.8 Å². The number of nitrogens with one attached hydrogen (secondary N) is 1. The van der Waals surface area contributed by atoms with Crippen LogP contribution in [0.15, 0.2) is 23.1 Å². The number of rotatable bonds is 7. The molecule has 1 fully saturated rings. The Kier molecular flexibility index (Phi) is 5.61. The monoisotopic (exact) mass is 414 g/mol. The smallest absolute Gasteiger partial charge is 0.257 e. The Balaban J connectivity index is 1.84. The van der Waals surface area contributed by atoms with Gasteiger partial charge in [0.1, 0.15) is 9.90 Å². The van der Waals surface area contributed by atoms with Gasteiger partial charge in [-0.15, -0.1) is 10.2 Å². The molecule has 1 aliphatic rings. The molecule has 0 bridgehead atoms. The number of carbonyl (C=O) groups excluding carboxylic acids is 1. The first-order chi connectivity index (χ1) is 12.4. The molecule has 0 aliphatic heterocycles. The summed E-state index contributed by atoms with van der Waals surface area (Å²) in [6, 6.07) is 4.21. The number of nitrogens with zero attached hydrogens (tertiary/aromatic N) is 3. The topological polar surface area (TPSA) is 92.3 Å². The molecule has 1 aromatic heterocycles. The van der Waals surface area contributed by atoms with Crippen LogP contribution in [0.2, 0.25) is 5.02 Å². The normalized spacial score (nSPS) is 14.6. The second kappa shape index (κ2) is 7.59.